The Balaban J connectivity index is 1.87. The lowest BCUT2D eigenvalue weighted by Crippen LogP contribution is -2.39. The highest BCUT2D eigenvalue weighted by Crippen LogP contribution is 2.25. The van der Waals surface area contributed by atoms with E-state index in [1.165, 1.54) is 18.2 Å². The van der Waals surface area contributed by atoms with Crippen molar-refractivity contribution in [2.45, 2.75) is 11.8 Å². The van der Waals surface area contributed by atoms with Gasteiger partial charge in [0, 0.05) is 8.59 Å². The molecule has 160 valence electrons. The summed E-state index contributed by atoms with van der Waals surface area (Å²) in [7, 11) is -4.00. The first-order chi connectivity index (χ1) is 14.8. The summed E-state index contributed by atoms with van der Waals surface area (Å²) < 4.78 is 28.5. The molecule has 0 heterocycles. The van der Waals surface area contributed by atoms with Crippen molar-refractivity contribution in [2.75, 3.05) is 10.8 Å². The van der Waals surface area contributed by atoms with Crippen LogP contribution in [0.2, 0.25) is 5.02 Å². The minimum Gasteiger partial charge on any atom is -0.271 e. The van der Waals surface area contributed by atoms with Crippen LogP contribution in [-0.2, 0) is 14.8 Å². The molecule has 0 aliphatic carbocycles. The topological polar surface area (TPSA) is 78.8 Å². The fraction of sp³-hybridized carbons (Fsp3) is 0.0909. The van der Waals surface area contributed by atoms with Crippen LogP contribution in [-0.4, -0.2) is 26.6 Å². The van der Waals surface area contributed by atoms with Crippen molar-refractivity contribution in [1.29, 1.82) is 0 Å². The van der Waals surface area contributed by atoms with E-state index in [0.29, 0.717) is 10.7 Å². The number of nitrogens with one attached hydrogen (secondary N) is 1. The van der Waals surface area contributed by atoms with Gasteiger partial charge >= 0.3 is 0 Å². The van der Waals surface area contributed by atoms with Gasteiger partial charge in [-0.1, -0.05) is 48.0 Å². The molecule has 9 heteroatoms. The molecule has 0 radical (unpaired) electrons. The van der Waals surface area contributed by atoms with Crippen LogP contribution in [0.25, 0.3) is 0 Å². The van der Waals surface area contributed by atoms with Crippen LogP contribution in [0.15, 0.2) is 88.9 Å². The summed E-state index contributed by atoms with van der Waals surface area (Å²) >= 11 is 8.25. The molecule has 0 saturated heterocycles. The predicted molar refractivity (Wildman–Crippen MR) is 132 cm³/mol. The van der Waals surface area contributed by atoms with Gasteiger partial charge < -0.3 is 0 Å². The Morgan fingerprint density at radius 1 is 1.03 bits per heavy atom. The van der Waals surface area contributed by atoms with E-state index in [4.69, 9.17) is 11.6 Å². The molecule has 0 unspecified atom stereocenters. The number of amides is 1. The lowest BCUT2D eigenvalue weighted by atomic mass is 10.1. The minimum absolute atomic E-state index is 0.0707. The Morgan fingerprint density at radius 2 is 1.74 bits per heavy atom. The lowest BCUT2D eigenvalue weighted by molar-refractivity contribution is -0.119. The van der Waals surface area contributed by atoms with Crippen LogP contribution >= 0.6 is 34.2 Å². The quantitative estimate of drug-likeness (QED) is 0.256. The van der Waals surface area contributed by atoms with E-state index < -0.39 is 22.5 Å². The van der Waals surface area contributed by atoms with Gasteiger partial charge in [0.05, 0.1) is 16.3 Å². The third-order valence-electron chi connectivity index (χ3n) is 4.31. The normalized spacial score (nSPS) is 11.8. The second kappa shape index (κ2) is 10.3. The monoisotopic (exact) mass is 567 g/mol. The van der Waals surface area contributed by atoms with Gasteiger partial charge in [0.15, 0.2) is 0 Å². The maximum atomic E-state index is 13.2. The molecule has 3 rings (SSSR count). The number of nitrogens with zero attached hydrogens (tertiary/aromatic N) is 2. The third kappa shape index (κ3) is 6.05. The van der Waals surface area contributed by atoms with Gasteiger partial charge in [-0.2, -0.15) is 5.10 Å². The molecule has 1 N–H and O–H groups in total. The average Bonchev–Trinajstić information content (AvgIpc) is 2.76. The molecule has 0 fully saturated rings. The fourth-order valence-corrected chi connectivity index (χ4v) is 4.92. The summed E-state index contributed by atoms with van der Waals surface area (Å²) in [4.78, 5) is 12.7. The van der Waals surface area contributed by atoms with Gasteiger partial charge in [-0.3, -0.25) is 9.10 Å². The fourth-order valence-electron chi connectivity index (χ4n) is 2.76. The van der Waals surface area contributed by atoms with E-state index in [-0.39, 0.29) is 10.6 Å². The van der Waals surface area contributed by atoms with Crippen molar-refractivity contribution in [2.24, 2.45) is 5.10 Å². The number of carbonyl (C=O) groups excluding carboxylic acids is 1. The van der Waals surface area contributed by atoms with Gasteiger partial charge in [-0.05, 0) is 77.5 Å². The average molecular weight is 568 g/mol. The number of carbonyl (C=O) groups is 1. The van der Waals surface area contributed by atoms with Crippen LogP contribution in [0.3, 0.4) is 0 Å². The molecular formula is C22H19ClIN3O3S. The van der Waals surface area contributed by atoms with Crippen LogP contribution in [0, 0.1) is 3.57 Å². The summed E-state index contributed by atoms with van der Waals surface area (Å²) in [5.41, 5.74) is 4.19. The van der Waals surface area contributed by atoms with E-state index in [1.54, 1.807) is 43.3 Å². The number of benzene rings is 3. The van der Waals surface area contributed by atoms with Crippen molar-refractivity contribution in [3.05, 3.63) is 93.0 Å². The van der Waals surface area contributed by atoms with Gasteiger partial charge in [0.1, 0.15) is 6.54 Å². The highest BCUT2D eigenvalue weighted by atomic mass is 127. The smallest absolute Gasteiger partial charge is 0.264 e. The number of halogens is 2. The number of hydrogen-bond acceptors (Lipinski definition) is 4. The molecule has 1 amide bonds. The summed E-state index contributed by atoms with van der Waals surface area (Å²) in [6.07, 6.45) is 0. The Kier molecular flexibility index (Phi) is 7.69. The van der Waals surface area contributed by atoms with E-state index >= 15 is 0 Å². The van der Waals surface area contributed by atoms with Gasteiger partial charge in [0.2, 0.25) is 0 Å². The SMILES string of the molecule is CC(=NNC(=O)CN(c1cccc(Cl)c1)S(=O)(=O)c1ccccc1)c1cccc(I)c1. The Hall–Kier alpha value is -2.43. The number of sulfonamides is 1. The zero-order valence-electron chi connectivity index (χ0n) is 16.5. The third-order valence-corrected chi connectivity index (χ3v) is 7.00. The first-order valence-corrected chi connectivity index (χ1v) is 12.1. The molecule has 3 aromatic carbocycles. The van der Waals surface area contributed by atoms with Crippen molar-refractivity contribution < 1.29 is 13.2 Å². The van der Waals surface area contributed by atoms with Crippen molar-refractivity contribution >= 4 is 61.5 Å². The van der Waals surface area contributed by atoms with Crippen molar-refractivity contribution in [3.8, 4) is 0 Å². The van der Waals surface area contributed by atoms with E-state index in [1.807, 2.05) is 24.3 Å². The number of anilines is 1. The molecule has 0 spiro atoms. The lowest BCUT2D eigenvalue weighted by Gasteiger charge is -2.23. The molecule has 0 aliphatic rings. The van der Waals surface area contributed by atoms with Crippen LogP contribution < -0.4 is 9.73 Å². The molecule has 3 aromatic rings. The Morgan fingerprint density at radius 3 is 2.42 bits per heavy atom. The zero-order chi connectivity index (χ0) is 22.4. The van der Waals surface area contributed by atoms with Crippen molar-refractivity contribution in [3.63, 3.8) is 0 Å². The largest absolute Gasteiger partial charge is 0.271 e. The number of hydrogen-bond donors (Lipinski definition) is 1. The molecule has 0 aromatic heterocycles. The molecule has 31 heavy (non-hydrogen) atoms. The van der Waals surface area contributed by atoms with Gasteiger partial charge in [-0.15, -0.1) is 0 Å². The first-order valence-electron chi connectivity index (χ1n) is 9.20. The summed E-state index contributed by atoms with van der Waals surface area (Å²) in [5.74, 6) is -0.579. The molecular weight excluding hydrogens is 549 g/mol. The van der Waals surface area contributed by atoms with Gasteiger partial charge in [-0.25, -0.2) is 13.8 Å². The van der Waals surface area contributed by atoms with Gasteiger partial charge in [0.25, 0.3) is 15.9 Å². The van der Waals surface area contributed by atoms with Crippen LogP contribution in [0.5, 0.6) is 0 Å². The van der Waals surface area contributed by atoms with Crippen LogP contribution in [0.1, 0.15) is 12.5 Å². The molecule has 0 atom stereocenters. The Labute approximate surface area is 200 Å². The molecule has 6 nitrogen and oxygen atoms in total. The van der Waals surface area contributed by atoms with Crippen LogP contribution in [0.4, 0.5) is 5.69 Å². The molecule has 0 bridgehead atoms. The second-order valence-electron chi connectivity index (χ2n) is 6.55. The highest BCUT2D eigenvalue weighted by molar-refractivity contribution is 14.1. The maximum absolute atomic E-state index is 13.2. The number of hydrazone groups is 1. The summed E-state index contributed by atoms with van der Waals surface area (Å²) in [6, 6.07) is 21.9. The Bertz CT molecular complexity index is 1220. The van der Waals surface area contributed by atoms with E-state index in [0.717, 1.165) is 13.4 Å². The summed E-state index contributed by atoms with van der Waals surface area (Å²) in [6.45, 7) is 1.31. The molecule has 0 saturated carbocycles. The standard InChI is InChI=1S/C22H19ClIN3O3S/c1-16(17-7-5-9-19(24)13-17)25-26-22(28)15-27(20-10-6-8-18(23)14-20)31(29,30)21-11-3-2-4-12-21/h2-14H,15H2,1H3,(H,26,28). The first kappa shape index (κ1) is 23.2. The van der Waals surface area contributed by atoms with E-state index in [9.17, 15) is 13.2 Å². The van der Waals surface area contributed by atoms with E-state index in [2.05, 4.69) is 33.1 Å². The summed E-state index contributed by atoms with van der Waals surface area (Å²) in [5, 5.41) is 4.48. The molecule has 0 aliphatic heterocycles. The highest BCUT2D eigenvalue weighted by Gasteiger charge is 2.27. The zero-order valence-corrected chi connectivity index (χ0v) is 20.2. The minimum atomic E-state index is -4.00. The number of rotatable bonds is 7. The second-order valence-corrected chi connectivity index (χ2v) is 10.1. The van der Waals surface area contributed by atoms with Crippen molar-refractivity contribution in [1.82, 2.24) is 5.43 Å². The maximum Gasteiger partial charge on any atom is 0.264 e. The predicted octanol–water partition coefficient (Wildman–Crippen LogP) is 4.68.